The zero-order valence-corrected chi connectivity index (χ0v) is 14.6. The molecule has 0 bridgehead atoms. The van der Waals surface area contributed by atoms with E-state index in [0.29, 0.717) is 30.5 Å². The first-order valence-electron chi connectivity index (χ1n) is 7.94. The van der Waals surface area contributed by atoms with E-state index < -0.39 is 44.3 Å². The van der Waals surface area contributed by atoms with Crippen LogP contribution in [0.3, 0.4) is 0 Å². The molecule has 1 fully saturated rings. The average Bonchev–Trinajstić information content (AvgIpc) is 3.43. The molecular formula is C17H15F3N2O4S. The third-order valence-corrected chi connectivity index (χ3v) is 6.09. The zero-order valence-electron chi connectivity index (χ0n) is 13.8. The fourth-order valence-corrected chi connectivity index (χ4v) is 4.44. The SMILES string of the molecule is O=C(NO)c1ccc(CN(C2CC2)S(=O)(=O)c2c(F)cc(F)cc2F)cc1. The van der Waals surface area contributed by atoms with Gasteiger partial charge in [0, 0.05) is 30.3 Å². The zero-order chi connectivity index (χ0) is 19.8. The van der Waals surface area contributed by atoms with E-state index in [1.807, 2.05) is 0 Å². The number of carbonyl (C=O) groups is 1. The number of rotatable bonds is 6. The molecule has 144 valence electrons. The Morgan fingerprint density at radius 3 is 2.15 bits per heavy atom. The van der Waals surface area contributed by atoms with Gasteiger partial charge in [0.1, 0.15) is 17.5 Å². The lowest BCUT2D eigenvalue weighted by Crippen LogP contribution is -2.34. The van der Waals surface area contributed by atoms with Crippen molar-refractivity contribution in [1.82, 2.24) is 9.79 Å². The summed E-state index contributed by atoms with van der Waals surface area (Å²) in [6, 6.07) is 5.90. The topological polar surface area (TPSA) is 86.7 Å². The quantitative estimate of drug-likeness (QED) is 0.577. The number of nitrogens with zero attached hydrogens (tertiary/aromatic N) is 1. The summed E-state index contributed by atoms with van der Waals surface area (Å²) in [5, 5.41) is 8.60. The van der Waals surface area contributed by atoms with E-state index >= 15 is 0 Å². The number of carbonyl (C=O) groups excluding carboxylic acids is 1. The molecule has 10 heteroatoms. The fourth-order valence-electron chi connectivity index (χ4n) is 2.67. The van der Waals surface area contributed by atoms with E-state index in [1.54, 1.807) is 0 Å². The Morgan fingerprint density at radius 2 is 1.67 bits per heavy atom. The second kappa shape index (κ2) is 7.29. The summed E-state index contributed by atoms with van der Waals surface area (Å²) in [7, 11) is -4.55. The molecule has 1 aliphatic carbocycles. The lowest BCUT2D eigenvalue weighted by atomic mass is 10.1. The highest BCUT2D eigenvalue weighted by atomic mass is 32.2. The number of nitrogens with one attached hydrogen (secondary N) is 1. The van der Waals surface area contributed by atoms with Crippen LogP contribution in [0.25, 0.3) is 0 Å². The average molecular weight is 400 g/mol. The van der Waals surface area contributed by atoms with Crippen LogP contribution in [0.1, 0.15) is 28.8 Å². The monoisotopic (exact) mass is 400 g/mol. The molecule has 2 N–H and O–H groups in total. The van der Waals surface area contributed by atoms with Crippen molar-refractivity contribution in [3.63, 3.8) is 0 Å². The number of hydrogen-bond acceptors (Lipinski definition) is 4. The summed E-state index contributed by atoms with van der Waals surface area (Å²) in [5.41, 5.74) is 2.10. The Morgan fingerprint density at radius 1 is 1.11 bits per heavy atom. The molecule has 0 heterocycles. The molecule has 0 aromatic heterocycles. The molecule has 6 nitrogen and oxygen atoms in total. The molecule has 3 rings (SSSR count). The van der Waals surface area contributed by atoms with Gasteiger partial charge in [0.05, 0.1) is 0 Å². The predicted octanol–water partition coefficient (Wildman–Crippen LogP) is 2.58. The molecule has 0 unspecified atom stereocenters. The van der Waals surface area contributed by atoms with Gasteiger partial charge in [-0.05, 0) is 30.5 Å². The normalized spacial score (nSPS) is 14.4. The van der Waals surface area contributed by atoms with Gasteiger partial charge >= 0.3 is 0 Å². The molecule has 1 amide bonds. The third kappa shape index (κ3) is 3.97. The third-order valence-electron chi connectivity index (χ3n) is 4.14. The predicted molar refractivity (Wildman–Crippen MR) is 87.8 cm³/mol. The summed E-state index contributed by atoms with van der Waals surface area (Å²) in [4.78, 5) is 10.1. The number of sulfonamides is 1. The molecule has 2 aromatic rings. The number of halogens is 3. The molecule has 0 radical (unpaired) electrons. The smallest absolute Gasteiger partial charge is 0.274 e. The van der Waals surface area contributed by atoms with Crippen molar-refractivity contribution in [3.8, 4) is 0 Å². The minimum absolute atomic E-state index is 0.151. The van der Waals surface area contributed by atoms with Crippen LogP contribution in [0.2, 0.25) is 0 Å². The summed E-state index contributed by atoms with van der Waals surface area (Å²) in [5.74, 6) is -4.93. The molecule has 0 atom stereocenters. The van der Waals surface area contributed by atoms with Crippen molar-refractivity contribution in [3.05, 3.63) is 65.0 Å². The Bertz CT molecular complexity index is 953. The first kappa shape index (κ1) is 19.3. The van der Waals surface area contributed by atoms with Crippen LogP contribution in [-0.4, -0.2) is 29.9 Å². The molecule has 0 aliphatic heterocycles. The standard InChI is InChI=1S/C17H15F3N2O4S/c18-12-7-14(19)16(15(20)8-12)27(25,26)22(13-5-6-13)9-10-1-3-11(4-2-10)17(23)21-24/h1-4,7-8,13,24H,5-6,9H2,(H,21,23). The molecule has 1 saturated carbocycles. The van der Waals surface area contributed by atoms with Gasteiger partial charge in [0.15, 0.2) is 4.90 Å². The Balaban J connectivity index is 1.93. The second-order valence-electron chi connectivity index (χ2n) is 6.12. The minimum Gasteiger partial charge on any atom is -0.288 e. The van der Waals surface area contributed by atoms with Crippen LogP contribution in [0.15, 0.2) is 41.3 Å². The molecular weight excluding hydrogens is 385 g/mol. The van der Waals surface area contributed by atoms with Crippen molar-refractivity contribution < 1.29 is 31.6 Å². The first-order valence-corrected chi connectivity index (χ1v) is 9.38. The van der Waals surface area contributed by atoms with E-state index in [0.717, 1.165) is 4.31 Å². The van der Waals surface area contributed by atoms with Crippen molar-refractivity contribution in [2.75, 3.05) is 0 Å². The first-order chi connectivity index (χ1) is 12.7. The summed E-state index contributed by atoms with van der Waals surface area (Å²) < 4.78 is 67.7. The van der Waals surface area contributed by atoms with Gasteiger partial charge in [-0.3, -0.25) is 10.0 Å². The van der Waals surface area contributed by atoms with Crippen LogP contribution in [0, 0.1) is 17.5 Å². The largest absolute Gasteiger partial charge is 0.288 e. The number of benzene rings is 2. The van der Waals surface area contributed by atoms with E-state index in [1.165, 1.54) is 29.7 Å². The van der Waals surface area contributed by atoms with Crippen LogP contribution in [-0.2, 0) is 16.6 Å². The van der Waals surface area contributed by atoms with Crippen LogP contribution in [0.5, 0.6) is 0 Å². The molecule has 0 spiro atoms. The van der Waals surface area contributed by atoms with Gasteiger partial charge in [-0.1, -0.05) is 12.1 Å². The van der Waals surface area contributed by atoms with E-state index in [2.05, 4.69) is 0 Å². The number of amides is 1. The fraction of sp³-hybridized carbons (Fsp3) is 0.235. The van der Waals surface area contributed by atoms with Gasteiger partial charge in [0.2, 0.25) is 10.0 Å². The number of hydrogen-bond donors (Lipinski definition) is 2. The lowest BCUT2D eigenvalue weighted by Gasteiger charge is -2.22. The highest BCUT2D eigenvalue weighted by Gasteiger charge is 2.40. The van der Waals surface area contributed by atoms with Gasteiger partial charge < -0.3 is 0 Å². The summed E-state index contributed by atoms with van der Waals surface area (Å²) in [6.45, 7) is -0.176. The lowest BCUT2D eigenvalue weighted by molar-refractivity contribution is 0.0706. The van der Waals surface area contributed by atoms with Crippen molar-refractivity contribution in [1.29, 1.82) is 0 Å². The van der Waals surface area contributed by atoms with Gasteiger partial charge in [0.25, 0.3) is 5.91 Å². The minimum atomic E-state index is -4.55. The Labute approximate surface area is 153 Å². The molecule has 0 saturated heterocycles. The van der Waals surface area contributed by atoms with Crippen LogP contribution < -0.4 is 5.48 Å². The molecule has 1 aliphatic rings. The van der Waals surface area contributed by atoms with Crippen molar-refractivity contribution >= 4 is 15.9 Å². The molecule has 2 aromatic carbocycles. The highest BCUT2D eigenvalue weighted by Crippen LogP contribution is 2.35. The maximum atomic E-state index is 14.0. The maximum Gasteiger partial charge on any atom is 0.274 e. The van der Waals surface area contributed by atoms with Gasteiger partial charge in [-0.15, -0.1) is 0 Å². The van der Waals surface area contributed by atoms with E-state index in [4.69, 9.17) is 5.21 Å². The second-order valence-corrected chi connectivity index (χ2v) is 7.95. The van der Waals surface area contributed by atoms with Crippen molar-refractivity contribution in [2.24, 2.45) is 0 Å². The highest BCUT2D eigenvalue weighted by molar-refractivity contribution is 7.89. The summed E-state index contributed by atoms with van der Waals surface area (Å²) in [6.07, 6.45) is 1.07. The van der Waals surface area contributed by atoms with Crippen molar-refractivity contribution in [2.45, 2.75) is 30.3 Å². The van der Waals surface area contributed by atoms with Crippen LogP contribution in [0.4, 0.5) is 13.2 Å². The summed E-state index contributed by atoms with van der Waals surface area (Å²) >= 11 is 0. The number of hydroxylamine groups is 1. The maximum absolute atomic E-state index is 14.0. The Kier molecular flexibility index (Phi) is 5.22. The van der Waals surface area contributed by atoms with Crippen LogP contribution >= 0.6 is 0 Å². The van der Waals surface area contributed by atoms with Gasteiger partial charge in [-0.2, -0.15) is 4.31 Å². The van der Waals surface area contributed by atoms with E-state index in [9.17, 15) is 26.4 Å². The van der Waals surface area contributed by atoms with E-state index in [-0.39, 0.29) is 12.1 Å². The van der Waals surface area contributed by atoms with Gasteiger partial charge in [-0.25, -0.2) is 27.1 Å². The Hall–Kier alpha value is -2.43. The molecule has 27 heavy (non-hydrogen) atoms.